The summed E-state index contributed by atoms with van der Waals surface area (Å²) in [5.74, 6) is 0. The van der Waals surface area contributed by atoms with Crippen LogP contribution in [0, 0.1) is 0 Å². The summed E-state index contributed by atoms with van der Waals surface area (Å²) in [7, 11) is 0. The molecule has 1 aromatic heterocycles. The maximum atomic E-state index is 6.12. The lowest BCUT2D eigenvalue weighted by atomic mass is 10.0. The smallest absolute Gasteiger partial charge is 0.100 e. The van der Waals surface area contributed by atoms with Crippen LogP contribution in [-0.2, 0) is 6.42 Å². The number of hydrogen-bond acceptors (Lipinski definition) is 2. The van der Waals surface area contributed by atoms with Gasteiger partial charge in [0.1, 0.15) is 6.33 Å². The molecule has 102 valence electrons. The van der Waals surface area contributed by atoms with E-state index in [-0.39, 0.29) is 6.04 Å². The largest absolute Gasteiger partial charge is 0.327 e. The van der Waals surface area contributed by atoms with E-state index in [0.717, 1.165) is 23.9 Å². The van der Waals surface area contributed by atoms with Gasteiger partial charge in [0, 0.05) is 6.04 Å². The Bertz CT molecular complexity index is 715. The number of benzene rings is 2. The molecule has 3 rings (SSSR count). The van der Waals surface area contributed by atoms with Crippen LogP contribution in [0.2, 0.25) is 0 Å². The van der Waals surface area contributed by atoms with E-state index in [2.05, 4.69) is 46.8 Å². The van der Waals surface area contributed by atoms with Crippen LogP contribution in [0.25, 0.3) is 16.7 Å². The summed E-state index contributed by atoms with van der Waals surface area (Å²) in [6.07, 6.45) is 3.76. The first-order chi connectivity index (χ1) is 9.79. The molecule has 0 aliphatic carbocycles. The second-order valence-corrected chi connectivity index (χ2v) is 5.10. The van der Waals surface area contributed by atoms with Crippen LogP contribution in [0.3, 0.4) is 0 Å². The maximum Gasteiger partial charge on any atom is 0.100 e. The SMILES string of the molecule is CCC(N)Cc1ccccc1-n1cnc2ccccc21. The zero-order valence-corrected chi connectivity index (χ0v) is 11.7. The summed E-state index contributed by atoms with van der Waals surface area (Å²) < 4.78 is 2.15. The minimum Gasteiger partial charge on any atom is -0.327 e. The Morgan fingerprint density at radius 1 is 1.10 bits per heavy atom. The standard InChI is InChI=1S/C17H19N3/c1-2-14(18)11-13-7-3-5-9-16(13)20-12-19-15-8-4-6-10-17(15)20/h3-10,12,14H,2,11,18H2,1H3. The monoisotopic (exact) mass is 265 g/mol. The van der Waals surface area contributed by atoms with Gasteiger partial charge in [0.2, 0.25) is 0 Å². The highest BCUT2D eigenvalue weighted by molar-refractivity contribution is 5.77. The minimum absolute atomic E-state index is 0.200. The quantitative estimate of drug-likeness (QED) is 0.786. The predicted octanol–water partition coefficient (Wildman–Crippen LogP) is 3.31. The van der Waals surface area contributed by atoms with Crippen molar-refractivity contribution in [2.75, 3.05) is 0 Å². The third-order valence-corrected chi connectivity index (χ3v) is 3.71. The Morgan fingerprint density at radius 3 is 2.70 bits per heavy atom. The highest BCUT2D eigenvalue weighted by Gasteiger charge is 2.10. The fraction of sp³-hybridized carbons (Fsp3) is 0.235. The lowest BCUT2D eigenvalue weighted by Crippen LogP contribution is -2.22. The van der Waals surface area contributed by atoms with E-state index in [0.29, 0.717) is 0 Å². The van der Waals surface area contributed by atoms with Crippen molar-refractivity contribution in [3.63, 3.8) is 0 Å². The highest BCUT2D eigenvalue weighted by Crippen LogP contribution is 2.22. The number of nitrogens with zero attached hydrogens (tertiary/aromatic N) is 2. The molecule has 0 fully saturated rings. The fourth-order valence-corrected chi connectivity index (χ4v) is 2.50. The summed E-state index contributed by atoms with van der Waals surface area (Å²) >= 11 is 0. The van der Waals surface area contributed by atoms with Gasteiger partial charge < -0.3 is 5.73 Å². The minimum atomic E-state index is 0.200. The molecule has 2 N–H and O–H groups in total. The topological polar surface area (TPSA) is 43.8 Å². The highest BCUT2D eigenvalue weighted by atomic mass is 15.0. The molecule has 1 unspecified atom stereocenters. The van der Waals surface area contributed by atoms with Gasteiger partial charge in [-0.15, -0.1) is 0 Å². The zero-order valence-electron chi connectivity index (χ0n) is 11.7. The van der Waals surface area contributed by atoms with Gasteiger partial charge in [-0.25, -0.2) is 4.98 Å². The van der Waals surface area contributed by atoms with Crippen LogP contribution in [0.15, 0.2) is 54.9 Å². The van der Waals surface area contributed by atoms with Gasteiger partial charge >= 0.3 is 0 Å². The van der Waals surface area contributed by atoms with E-state index in [1.54, 1.807) is 0 Å². The van der Waals surface area contributed by atoms with Crippen molar-refractivity contribution in [1.82, 2.24) is 9.55 Å². The summed E-state index contributed by atoms with van der Waals surface area (Å²) in [6, 6.07) is 16.8. The lowest BCUT2D eigenvalue weighted by molar-refractivity contribution is 0.644. The van der Waals surface area contributed by atoms with E-state index in [9.17, 15) is 0 Å². The van der Waals surface area contributed by atoms with E-state index < -0.39 is 0 Å². The Kier molecular flexibility index (Phi) is 3.52. The van der Waals surface area contributed by atoms with Gasteiger partial charge in [-0.1, -0.05) is 37.3 Å². The Balaban J connectivity index is 2.10. The molecule has 0 bridgehead atoms. The van der Waals surface area contributed by atoms with Gasteiger partial charge in [0.15, 0.2) is 0 Å². The summed E-state index contributed by atoms with van der Waals surface area (Å²) in [6.45, 7) is 2.12. The zero-order chi connectivity index (χ0) is 13.9. The number of fused-ring (bicyclic) bond motifs is 1. The van der Waals surface area contributed by atoms with Gasteiger partial charge in [-0.05, 0) is 36.6 Å². The van der Waals surface area contributed by atoms with E-state index in [1.165, 1.54) is 11.3 Å². The molecule has 0 amide bonds. The Hall–Kier alpha value is -2.13. The number of para-hydroxylation sites is 3. The second kappa shape index (κ2) is 5.47. The van der Waals surface area contributed by atoms with Crippen LogP contribution in [0.1, 0.15) is 18.9 Å². The number of hydrogen-bond donors (Lipinski definition) is 1. The molecule has 0 aliphatic rings. The van der Waals surface area contributed by atoms with Crippen LogP contribution >= 0.6 is 0 Å². The van der Waals surface area contributed by atoms with Gasteiger partial charge in [-0.2, -0.15) is 0 Å². The van der Waals surface area contributed by atoms with Crippen molar-refractivity contribution in [2.45, 2.75) is 25.8 Å². The second-order valence-electron chi connectivity index (χ2n) is 5.10. The number of imidazole rings is 1. The molecule has 0 aliphatic heterocycles. The molecular weight excluding hydrogens is 246 g/mol. The molecule has 0 radical (unpaired) electrons. The molecule has 0 saturated carbocycles. The summed E-state index contributed by atoms with van der Waals surface area (Å²) in [5.41, 5.74) is 10.7. The summed E-state index contributed by atoms with van der Waals surface area (Å²) in [4.78, 5) is 4.47. The van der Waals surface area contributed by atoms with Crippen LogP contribution < -0.4 is 5.73 Å². The third-order valence-electron chi connectivity index (χ3n) is 3.71. The predicted molar refractivity (Wildman–Crippen MR) is 83.0 cm³/mol. The van der Waals surface area contributed by atoms with Gasteiger partial charge in [0.05, 0.1) is 16.7 Å². The van der Waals surface area contributed by atoms with Gasteiger partial charge in [0.25, 0.3) is 0 Å². The fourth-order valence-electron chi connectivity index (χ4n) is 2.50. The third kappa shape index (κ3) is 2.32. The molecule has 0 spiro atoms. The first-order valence-electron chi connectivity index (χ1n) is 7.05. The van der Waals surface area contributed by atoms with Crippen LogP contribution in [0.5, 0.6) is 0 Å². The number of aromatic nitrogens is 2. The number of rotatable bonds is 4. The average molecular weight is 265 g/mol. The van der Waals surface area contributed by atoms with Gasteiger partial charge in [-0.3, -0.25) is 4.57 Å². The summed E-state index contributed by atoms with van der Waals surface area (Å²) in [5, 5.41) is 0. The van der Waals surface area contributed by atoms with Crippen LogP contribution in [0.4, 0.5) is 0 Å². The van der Waals surface area contributed by atoms with E-state index in [1.807, 2.05) is 24.5 Å². The number of nitrogens with two attached hydrogens (primary N) is 1. The molecule has 1 atom stereocenters. The van der Waals surface area contributed by atoms with Crippen molar-refractivity contribution in [1.29, 1.82) is 0 Å². The van der Waals surface area contributed by atoms with E-state index >= 15 is 0 Å². The van der Waals surface area contributed by atoms with Crippen LogP contribution in [-0.4, -0.2) is 15.6 Å². The first-order valence-corrected chi connectivity index (χ1v) is 7.05. The average Bonchev–Trinajstić information content (AvgIpc) is 2.91. The Morgan fingerprint density at radius 2 is 1.85 bits per heavy atom. The van der Waals surface area contributed by atoms with Crippen molar-refractivity contribution in [3.05, 3.63) is 60.4 Å². The normalized spacial score (nSPS) is 12.7. The molecule has 0 saturated heterocycles. The lowest BCUT2D eigenvalue weighted by Gasteiger charge is -2.14. The van der Waals surface area contributed by atoms with Crippen molar-refractivity contribution < 1.29 is 0 Å². The molecule has 1 heterocycles. The Labute approximate surface area is 119 Å². The van der Waals surface area contributed by atoms with Crippen molar-refractivity contribution in [2.24, 2.45) is 5.73 Å². The molecular formula is C17H19N3. The van der Waals surface area contributed by atoms with Crippen molar-refractivity contribution in [3.8, 4) is 5.69 Å². The molecule has 3 aromatic rings. The molecule has 20 heavy (non-hydrogen) atoms. The van der Waals surface area contributed by atoms with Crippen molar-refractivity contribution >= 4 is 11.0 Å². The first kappa shape index (κ1) is 12.9. The molecule has 2 aromatic carbocycles. The molecule has 3 heteroatoms. The van der Waals surface area contributed by atoms with E-state index in [4.69, 9.17) is 5.73 Å². The maximum absolute atomic E-state index is 6.12. The molecule has 3 nitrogen and oxygen atoms in total.